The summed E-state index contributed by atoms with van der Waals surface area (Å²) < 4.78 is 0. The van der Waals surface area contributed by atoms with Crippen molar-refractivity contribution >= 4 is 77.2 Å². The first kappa shape index (κ1) is 45.0. The highest BCUT2D eigenvalue weighted by molar-refractivity contribution is 6.08. The van der Waals surface area contributed by atoms with Crippen LogP contribution >= 0.6 is 0 Å². The van der Waals surface area contributed by atoms with Crippen molar-refractivity contribution in [2.75, 3.05) is 9.80 Å². The Hall–Kier alpha value is -10.3. The third-order valence-corrected chi connectivity index (χ3v) is 17.0. The smallest absolute Gasteiger partial charge is 0.0766 e. The van der Waals surface area contributed by atoms with Crippen LogP contribution in [0.15, 0.2) is 303 Å². The first-order valence-corrected chi connectivity index (χ1v) is 27.4. The van der Waals surface area contributed by atoms with Crippen LogP contribution in [-0.2, 0) is 5.41 Å². The Bertz CT molecular complexity index is 4420. The molecule has 0 aromatic heterocycles. The van der Waals surface area contributed by atoms with Crippen molar-refractivity contribution in [3.05, 3.63) is 326 Å². The van der Waals surface area contributed by atoms with E-state index < -0.39 is 5.41 Å². The van der Waals surface area contributed by atoms with E-state index in [1.165, 1.54) is 110 Å². The predicted octanol–water partition coefficient (Wildman–Crippen LogP) is 20.9. The molecule has 0 saturated carbocycles. The second kappa shape index (κ2) is 17.9. The van der Waals surface area contributed by atoms with E-state index in [2.05, 4.69) is 313 Å². The van der Waals surface area contributed by atoms with E-state index in [0.717, 1.165) is 34.1 Å². The zero-order chi connectivity index (χ0) is 52.0. The second-order valence-corrected chi connectivity index (χ2v) is 21.1. The third-order valence-electron chi connectivity index (χ3n) is 17.0. The van der Waals surface area contributed by atoms with Gasteiger partial charge in [-0.05, 0) is 136 Å². The van der Waals surface area contributed by atoms with Gasteiger partial charge in [-0.25, -0.2) is 0 Å². The van der Waals surface area contributed by atoms with E-state index in [-0.39, 0.29) is 0 Å². The van der Waals surface area contributed by atoms with Crippen LogP contribution in [0, 0.1) is 0 Å². The number of hydrogen-bond acceptors (Lipinski definition) is 2. The number of fused-ring (bicyclic) bond motifs is 14. The number of anilines is 6. The van der Waals surface area contributed by atoms with Crippen molar-refractivity contribution in [3.63, 3.8) is 0 Å². The molecule has 16 rings (SSSR count). The molecule has 0 radical (unpaired) electrons. The number of benzene rings is 14. The van der Waals surface area contributed by atoms with Crippen LogP contribution in [0.5, 0.6) is 0 Å². The molecule has 2 heteroatoms. The summed E-state index contributed by atoms with van der Waals surface area (Å²) >= 11 is 0. The fourth-order valence-corrected chi connectivity index (χ4v) is 13.7. The van der Waals surface area contributed by atoms with Gasteiger partial charge in [-0.1, -0.05) is 255 Å². The summed E-state index contributed by atoms with van der Waals surface area (Å²) in [6.45, 7) is 0. The van der Waals surface area contributed by atoms with Crippen LogP contribution in [0.4, 0.5) is 34.1 Å². The van der Waals surface area contributed by atoms with Gasteiger partial charge in [-0.2, -0.15) is 0 Å². The minimum atomic E-state index is -0.761. The lowest BCUT2D eigenvalue weighted by Crippen LogP contribution is -2.30. The molecule has 0 N–H and O–H groups in total. The first-order valence-electron chi connectivity index (χ1n) is 27.4. The number of hydrogen-bond donors (Lipinski definition) is 0. The molecule has 0 saturated heterocycles. The largest absolute Gasteiger partial charge is 0.310 e. The van der Waals surface area contributed by atoms with Gasteiger partial charge in [0.1, 0.15) is 0 Å². The monoisotopic (exact) mass is 1000 g/mol. The van der Waals surface area contributed by atoms with Gasteiger partial charge < -0.3 is 9.80 Å². The summed E-state index contributed by atoms with van der Waals surface area (Å²) in [7, 11) is 0. The highest BCUT2D eigenvalue weighted by Gasteiger charge is 2.55. The Morgan fingerprint density at radius 1 is 0.203 bits per heavy atom. The molecule has 14 aromatic rings. The zero-order valence-electron chi connectivity index (χ0n) is 43.3. The minimum absolute atomic E-state index is 0.761. The van der Waals surface area contributed by atoms with E-state index in [9.17, 15) is 0 Å². The molecule has 2 aliphatic rings. The van der Waals surface area contributed by atoms with Gasteiger partial charge in [0.25, 0.3) is 0 Å². The molecule has 368 valence electrons. The topological polar surface area (TPSA) is 6.48 Å². The molecule has 2 aliphatic carbocycles. The summed E-state index contributed by atoms with van der Waals surface area (Å²) in [4.78, 5) is 5.11. The molecule has 0 aliphatic heterocycles. The number of rotatable bonds is 8. The Labute approximate surface area is 460 Å². The average molecular weight is 1000 g/mol. The fourth-order valence-electron chi connectivity index (χ4n) is 13.7. The Kier molecular flexibility index (Phi) is 10.2. The zero-order valence-corrected chi connectivity index (χ0v) is 43.3. The van der Waals surface area contributed by atoms with Crippen LogP contribution in [0.3, 0.4) is 0 Å². The standard InChI is InChI=1S/C77H50N2/c1-5-27-59-51(19-1)23-13-33-61(59)55-43-47-57(48-44-55)78(71-39-15-25-53-21-3-7-29-63(53)71)73-41-17-35-67-65-31-9-11-37-69(65)77(75(67)73)70-38-12-10-32-66(70)68-36-18-42-74(76(68)77)79(72-40-16-26-54-22-4-8-30-64(54)72)58-49-45-56(46-50-58)62-34-14-24-52-20-2-6-28-60(52)62/h1-50H. The Balaban J connectivity index is 0.977. The molecule has 0 amide bonds. The quantitative estimate of drug-likeness (QED) is 0.150. The van der Waals surface area contributed by atoms with Gasteiger partial charge in [0.2, 0.25) is 0 Å². The van der Waals surface area contributed by atoms with E-state index in [1.54, 1.807) is 0 Å². The van der Waals surface area contributed by atoms with Crippen LogP contribution in [0.2, 0.25) is 0 Å². The van der Waals surface area contributed by atoms with E-state index >= 15 is 0 Å². The van der Waals surface area contributed by atoms with Gasteiger partial charge in [0, 0.05) is 33.3 Å². The Morgan fingerprint density at radius 2 is 0.494 bits per heavy atom. The van der Waals surface area contributed by atoms with Gasteiger partial charge in [-0.15, -0.1) is 0 Å². The van der Waals surface area contributed by atoms with E-state index in [1.807, 2.05) is 0 Å². The Morgan fingerprint density at radius 3 is 0.924 bits per heavy atom. The van der Waals surface area contributed by atoms with Gasteiger partial charge in [0.05, 0.1) is 28.2 Å². The summed E-state index contributed by atoms with van der Waals surface area (Å²) in [5, 5.41) is 9.73. The summed E-state index contributed by atoms with van der Waals surface area (Å²) in [5.41, 5.74) is 20.8. The van der Waals surface area contributed by atoms with Crippen molar-refractivity contribution in [2.45, 2.75) is 5.41 Å². The van der Waals surface area contributed by atoms with Crippen molar-refractivity contribution in [2.24, 2.45) is 0 Å². The maximum absolute atomic E-state index is 2.55. The third kappa shape index (κ3) is 6.78. The fraction of sp³-hybridized carbons (Fsp3) is 0.0130. The molecule has 2 nitrogen and oxygen atoms in total. The van der Waals surface area contributed by atoms with Crippen LogP contribution < -0.4 is 9.80 Å². The lowest BCUT2D eigenvalue weighted by atomic mass is 9.69. The molecule has 0 fully saturated rings. The van der Waals surface area contributed by atoms with Gasteiger partial charge in [-0.3, -0.25) is 0 Å². The van der Waals surface area contributed by atoms with Gasteiger partial charge >= 0.3 is 0 Å². The van der Waals surface area contributed by atoms with Crippen molar-refractivity contribution in [3.8, 4) is 44.5 Å². The summed E-state index contributed by atoms with van der Waals surface area (Å²) in [5.74, 6) is 0. The minimum Gasteiger partial charge on any atom is -0.310 e. The molecule has 14 aromatic carbocycles. The highest BCUT2D eigenvalue weighted by atomic mass is 15.2. The molecule has 0 bridgehead atoms. The maximum atomic E-state index is 2.55. The number of nitrogens with zero attached hydrogens (tertiary/aromatic N) is 2. The normalized spacial score (nSPS) is 12.7. The van der Waals surface area contributed by atoms with Gasteiger partial charge in [0.15, 0.2) is 0 Å². The molecule has 0 heterocycles. The lowest BCUT2D eigenvalue weighted by molar-refractivity contribution is 0.792. The SMILES string of the molecule is c1ccc2c(c1)-c1cccc(N(c3ccc(-c4cccc5ccccc45)cc3)c3cccc4ccccc34)c1C21c2ccccc2-c2cccc(N(c3ccc(-c4cccc5ccccc45)cc3)c3cccc4ccccc34)c21. The van der Waals surface area contributed by atoms with Crippen molar-refractivity contribution < 1.29 is 0 Å². The average Bonchev–Trinajstić information content (AvgIpc) is 4.23. The first-order chi connectivity index (χ1) is 39.2. The maximum Gasteiger partial charge on any atom is 0.0766 e. The van der Waals surface area contributed by atoms with E-state index in [0.29, 0.717) is 0 Å². The second-order valence-electron chi connectivity index (χ2n) is 21.1. The van der Waals surface area contributed by atoms with Crippen molar-refractivity contribution in [1.29, 1.82) is 0 Å². The molecule has 1 spiro atoms. The molecule has 0 unspecified atom stereocenters. The van der Waals surface area contributed by atoms with Crippen molar-refractivity contribution in [1.82, 2.24) is 0 Å². The van der Waals surface area contributed by atoms with E-state index in [4.69, 9.17) is 0 Å². The van der Waals surface area contributed by atoms with Crippen LogP contribution in [0.1, 0.15) is 22.3 Å². The summed E-state index contributed by atoms with van der Waals surface area (Å²) in [6, 6.07) is 113. The highest BCUT2D eigenvalue weighted by Crippen LogP contribution is 2.68. The van der Waals surface area contributed by atoms with Crippen LogP contribution in [-0.4, -0.2) is 0 Å². The van der Waals surface area contributed by atoms with Crippen LogP contribution in [0.25, 0.3) is 87.6 Å². The molecule has 0 atom stereocenters. The molecular weight excluding hydrogens is 953 g/mol. The molecular formula is C77H50N2. The predicted molar refractivity (Wildman–Crippen MR) is 333 cm³/mol. The summed E-state index contributed by atoms with van der Waals surface area (Å²) in [6.07, 6.45) is 0. The molecule has 79 heavy (non-hydrogen) atoms. The lowest BCUT2D eigenvalue weighted by Gasteiger charge is -2.39.